The number of carbonyl (C=O) groups is 1. The number of pyridine rings is 1. The van der Waals surface area contributed by atoms with Crippen molar-refractivity contribution in [2.24, 2.45) is 0 Å². The lowest BCUT2D eigenvalue weighted by molar-refractivity contribution is -0.111. The monoisotopic (exact) mass is 509 g/mol. The molecule has 0 atom stereocenters. The molecule has 38 heavy (non-hydrogen) atoms. The molecule has 194 valence electrons. The highest BCUT2D eigenvalue weighted by atomic mass is 16.5. The van der Waals surface area contributed by atoms with Crippen LogP contribution < -0.4 is 15.5 Å². The van der Waals surface area contributed by atoms with Crippen LogP contribution in [0.25, 0.3) is 22.2 Å². The van der Waals surface area contributed by atoms with E-state index in [4.69, 9.17) is 14.7 Å². The van der Waals surface area contributed by atoms with E-state index in [0.29, 0.717) is 31.4 Å². The molecule has 2 N–H and O–H groups in total. The Morgan fingerprint density at radius 2 is 1.87 bits per heavy atom. The van der Waals surface area contributed by atoms with Gasteiger partial charge >= 0.3 is 0 Å². The van der Waals surface area contributed by atoms with Crippen LogP contribution in [-0.4, -0.2) is 72.7 Å². The molecule has 1 amide bonds. The second-order valence-electron chi connectivity index (χ2n) is 9.28. The van der Waals surface area contributed by atoms with Gasteiger partial charge in [0.05, 0.1) is 36.3 Å². The van der Waals surface area contributed by atoms with Crippen molar-refractivity contribution in [3.63, 3.8) is 0 Å². The lowest BCUT2D eigenvalue weighted by Crippen LogP contribution is -2.36. The summed E-state index contributed by atoms with van der Waals surface area (Å²) in [5.74, 6) is 1.22. The third-order valence-electron chi connectivity index (χ3n) is 6.09. The number of benzene rings is 2. The quantitative estimate of drug-likeness (QED) is 0.339. The molecule has 0 unspecified atom stereocenters. The lowest BCUT2D eigenvalue weighted by Gasteiger charge is -2.27. The highest BCUT2D eigenvalue weighted by molar-refractivity contribution is 6.00. The Hall–Kier alpha value is -4.34. The van der Waals surface area contributed by atoms with Crippen LogP contribution in [-0.2, 0) is 9.53 Å². The van der Waals surface area contributed by atoms with Gasteiger partial charge in [0.2, 0.25) is 11.9 Å². The van der Waals surface area contributed by atoms with Crippen molar-refractivity contribution in [2.75, 3.05) is 62.5 Å². The number of hydrogen-bond donors (Lipinski definition) is 2. The summed E-state index contributed by atoms with van der Waals surface area (Å²) >= 11 is 0. The maximum atomic E-state index is 12.4. The molecule has 3 heterocycles. The standard InChI is InChI=1S/C29H31N7O2/c1-35(2)14-6-11-27(37)31-22-8-5-7-21(19-22)28-24-9-3-4-10-25(24)33-29(34-28)32-23-12-13-26(30-20-23)36-15-17-38-18-16-36/h3-13,19-20H,14-18H2,1-2H3,(H,31,37)(H,32,33,34). The van der Waals surface area contributed by atoms with Crippen LogP contribution in [0, 0.1) is 0 Å². The number of morpholine rings is 1. The lowest BCUT2D eigenvalue weighted by atomic mass is 10.1. The molecule has 0 aliphatic carbocycles. The average Bonchev–Trinajstić information content (AvgIpc) is 2.93. The smallest absolute Gasteiger partial charge is 0.248 e. The number of fused-ring (bicyclic) bond motifs is 1. The van der Waals surface area contributed by atoms with Crippen molar-refractivity contribution in [3.8, 4) is 11.3 Å². The van der Waals surface area contributed by atoms with Gasteiger partial charge in [0, 0.05) is 42.3 Å². The Labute approximate surface area is 222 Å². The molecule has 0 spiro atoms. The number of rotatable bonds is 8. The molecule has 5 rings (SSSR count). The number of nitrogens with one attached hydrogen (secondary N) is 2. The fraction of sp³-hybridized carbons (Fsp3) is 0.241. The van der Waals surface area contributed by atoms with Gasteiger partial charge in [0.1, 0.15) is 5.82 Å². The average molecular weight is 510 g/mol. The van der Waals surface area contributed by atoms with Gasteiger partial charge in [0.25, 0.3) is 0 Å². The van der Waals surface area contributed by atoms with Crippen molar-refractivity contribution < 1.29 is 9.53 Å². The third kappa shape index (κ3) is 6.31. The molecule has 2 aromatic heterocycles. The van der Waals surface area contributed by atoms with Crippen molar-refractivity contribution in [2.45, 2.75) is 0 Å². The Balaban J connectivity index is 1.39. The summed E-state index contributed by atoms with van der Waals surface area (Å²) in [6.07, 6.45) is 5.17. The minimum atomic E-state index is -0.174. The molecule has 1 aliphatic heterocycles. The van der Waals surface area contributed by atoms with Crippen molar-refractivity contribution in [1.82, 2.24) is 19.9 Å². The van der Waals surface area contributed by atoms with Crippen LogP contribution in [0.2, 0.25) is 0 Å². The predicted molar refractivity (Wildman–Crippen MR) is 152 cm³/mol. The largest absolute Gasteiger partial charge is 0.378 e. The molecule has 1 saturated heterocycles. The van der Waals surface area contributed by atoms with Crippen LogP contribution in [0.3, 0.4) is 0 Å². The summed E-state index contributed by atoms with van der Waals surface area (Å²) in [4.78, 5) is 30.8. The van der Waals surface area contributed by atoms with E-state index in [2.05, 4.69) is 20.5 Å². The zero-order chi connectivity index (χ0) is 26.3. The number of likely N-dealkylation sites (N-methyl/N-ethyl adjacent to an activating group) is 1. The van der Waals surface area contributed by atoms with Gasteiger partial charge in [-0.1, -0.05) is 36.4 Å². The van der Waals surface area contributed by atoms with Gasteiger partial charge in [0.15, 0.2) is 0 Å². The van der Waals surface area contributed by atoms with E-state index in [-0.39, 0.29) is 5.91 Å². The van der Waals surface area contributed by atoms with Gasteiger partial charge < -0.3 is 25.2 Å². The maximum Gasteiger partial charge on any atom is 0.248 e. The molecule has 9 heteroatoms. The molecule has 1 fully saturated rings. The van der Waals surface area contributed by atoms with E-state index >= 15 is 0 Å². The Kier molecular flexibility index (Phi) is 7.86. The van der Waals surface area contributed by atoms with Crippen LogP contribution in [0.5, 0.6) is 0 Å². The van der Waals surface area contributed by atoms with Gasteiger partial charge in [-0.3, -0.25) is 4.79 Å². The first-order chi connectivity index (χ1) is 18.5. The van der Waals surface area contributed by atoms with Crippen molar-refractivity contribution in [1.29, 1.82) is 0 Å². The predicted octanol–water partition coefficient (Wildman–Crippen LogP) is 4.33. The number of para-hydroxylation sites is 1. The second kappa shape index (κ2) is 11.8. The zero-order valence-corrected chi connectivity index (χ0v) is 21.6. The van der Waals surface area contributed by atoms with Crippen LogP contribution in [0.1, 0.15) is 0 Å². The van der Waals surface area contributed by atoms with Gasteiger partial charge in [-0.05, 0) is 44.4 Å². The molecule has 0 bridgehead atoms. The number of nitrogens with zero attached hydrogens (tertiary/aromatic N) is 5. The molecule has 0 saturated carbocycles. The maximum absolute atomic E-state index is 12.4. The highest BCUT2D eigenvalue weighted by Gasteiger charge is 2.14. The number of anilines is 4. The summed E-state index contributed by atoms with van der Waals surface area (Å²) < 4.78 is 5.43. The minimum Gasteiger partial charge on any atom is -0.378 e. The van der Waals surface area contributed by atoms with E-state index in [1.54, 1.807) is 12.3 Å². The number of hydrogen-bond acceptors (Lipinski definition) is 8. The first-order valence-electron chi connectivity index (χ1n) is 12.6. The minimum absolute atomic E-state index is 0.174. The first kappa shape index (κ1) is 25.3. The van der Waals surface area contributed by atoms with Gasteiger partial charge in [-0.15, -0.1) is 0 Å². The van der Waals surface area contributed by atoms with Crippen LogP contribution in [0.15, 0.2) is 79.0 Å². The number of carbonyl (C=O) groups excluding carboxylic acids is 1. The number of aromatic nitrogens is 3. The van der Waals surface area contributed by atoms with E-state index in [1.807, 2.05) is 85.7 Å². The highest BCUT2D eigenvalue weighted by Crippen LogP contribution is 2.30. The SMILES string of the molecule is CN(C)CC=CC(=O)Nc1cccc(-c2nc(Nc3ccc(N4CCOCC4)nc3)nc3ccccc23)c1. The summed E-state index contributed by atoms with van der Waals surface area (Å²) in [5, 5.41) is 7.17. The van der Waals surface area contributed by atoms with Crippen LogP contribution in [0.4, 0.5) is 23.1 Å². The topological polar surface area (TPSA) is 95.5 Å². The fourth-order valence-electron chi connectivity index (χ4n) is 4.22. The van der Waals surface area contributed by atoms with Crippen molar-refractivity contribution in [3.05, 3.63) is 79.0 Å². The third-order valence-corrected chi connectivity index (χ3v) is 6.09. The molecule has 0 radical (unpaired) electrons. The summed E-state index contributed by atoms with van der Waals surface area (Å²) in [6.45, 7) is 3.80. The Morgan fingerprint density at radius 3 is 2.66 bits per heavy atom. The molecule has 2 aromatic carbocycles. The second-order valence-corrected chi connectivity index (χ2v) is 9.28. The summed E-state index contributed by atoms with van der Waals surface area (Å²) in [7, 11) is 3.91. The van der Waals surface area contributed by atoms with E-state index < -0.39 is 0 Å². The van der Waals surface area contributed by atoms with Gasteiger partial charge in [-0.25, -0.2) is 15.0 Å². The molecule has 9 nitrogen and oxygen atoms in total. The molecule has 1 aliphatic rings. The van der Waals surface area contributed by atoms with Crippen molar-refractivity contribution >= 4 is 40.0 Å². The first-order valence-corrected chi connectivity index (χ1v) is 12.6. The Morgan fingerprint density at radius 1 is 1.03 bits per heavy atom. The number of ether oxygens (including phenoxy) is 1. The van der Waals surface area contributed by atoms with E-state index in [0.717, 1.165) is 46.8 Å². The Bertz CT molecular complexity index is 1430. The van der Waals surface area contributed by atoms with E-state index in [9.17, 15) is 4.79 Å². The molecule has 4 aromatic rings. The normalized spacial score (nSPS) is 13.8. The fourth-order valence-corrected chi connectivity index (χ4v) is 4.22. The summed E-state index contributed by atoms with van der Waals surface area (Å²) in [6, 6.07) is 19.6. The zero-order valence-electron chi connectivity index (χ0n) is 21.6. The molecular formula is C29H31N7O2. The van der Waals surface area contributed by atoms with E-state index in [1.165, 1.54) is 0 Å². The van der Waals surface area contributed by atoms with Crippen LogP contribution >= 0.6 is 0 Å². The van der Waals surface area contributed by atoms with Gasteiger partial charge in [-0.2, -0.15) is 0 Å². The summed E-state index contributed by atoms with van der Waals surface area (Å²) in [5.41, 5.74) is 3.97. The molecular weight excluding hydrogens is 478 g/mol. The number of amides is 1.